The number of anilines is 1. The Bertz CT molecular complexity index is 677. The van der Waals surface area contributed by atoms with Gasteiger partial charge in [-0.1, -0.05) is 18.2 Å². The highest BCUT2D eigenvalue weighted by molar-refractivity contribution is 5.93. The minimum absolute atomic E-state index is 0.160. The summed E-state index contributed by atoms with van der Waals surface area (Å²) in [6, 6.07) is 11.9. The Kier molecular flexibility index (Phi) is 4.32. The average molecular weight is 282 g/mol. The molecule has 0 spiro atoms. The van der Waals surface area contributed by atoms with Crippen LogP contribution in [-0.2, 0) is 0 Å². The van der Waals surface area contributed by atoms with E-state index in [2.05, 4.69) is 45.1 Å². The average Bonchev–Trinajstić information content (AvgIpc) is 2.43. The zero-order valence-electron chi connectivity index (χ0n) is 13.0. The second-order valence-electron chi connectivity index (χ2n) is 5.60. The van der Waals surface area contributed by atoms with Crippen LogP contribution in [0.2, 0.25) is 0 Å². The lowest BCUT2D eigenvalue weighted by Gasteiger charge is -2.19. The van der Waals surface area contributed by atoms with Crippen molar-refractivity contribution in [3.8, 4) is 0 Å². The minimum atomic E-state index is -0.409. The van der Waals surface area contributed by atoms with Crippen LogP contribution in [0.4, 0.5) is 5.69 Å². The molecule has 110 valence electrons. The summed E-state index contributed by atoms with van der Waals surface area (Å²) in [5.74, 6) is -0.409. The van der Waals surface area contributed by atoms with E-state index in [-0.39, 0.29) is 6.04 Å². The third kappa shape index (κ3) is 3.43. The molecule has 0 fully saturated rings. The van der Waals surface area contributed by atoms with Gasteiger partial charge in [0.05, 0.1) is 0 Å². The summed E-state index contributed by atoms with van der Waals surface area (Å²) >= 11 is 0. The predicted molar refractivity (Wildman–Crippen MR) is 87.7 cm³/mol. The number of benzene rings is 2. The highest BCUT2D eigenvalue weighted by Crippen LogP contribution is 2.25. The lowest BCUT2D eigenvalue weighted by atomic mass is 9.96. The van der Waals surface area contributed by atoms with Gasteiger partial charge in [0, 0.05) is 17.3 Å². The Morgan fingerprint density at radius 3 is 2.38 bits per heavy atom. The van der Waals surface area contributed by atoms with Crippen molar-refractivity contribution in [3.05, 3.63) is 64.2 Å². The van der Waals surface area contributed by atoms with Crippen LogP contribution in [0.15, 0.2) is 36.4 Å². The van der Waals surface area contributed by atoms with E-state index in [1.54, 1.807) is 12.1 Å². The molecule has 2 aromatic carbocycles. The molecule has 0 bridgehead atoms. The Morgan fingerprint density at radius 1 is 1.05 bits per heavy atom. The van der Waals surface area contributed by atoms with Crippen LogP contribution in [0.5, 0.6) is 0 Å². The molecule has 3 heteroatoms. The molecule has 0 aliphatic rings. The topological polar surface area (TPSA) is 55.1 Å². The van der Waals surface area contributed by atoms with Crippen molar-refractivity contribution in [2.24, 2.45) is 5.73 Å². The molecule has 3 N–H and O–H groups in total. The van der Waals surface area contributed by atoms with Crippen LogP contribution in [-0.4, -0.2) is 5.91 Å². The lowest BCUT2D eigenvalue weighted by Crippen LogP contribution is -2.12. The maximum absolute atomic E-state index is 11.2. The van der Waals surface area contributed by atoms with Crippen molar-refractivity contribution in [2.45, 2.75) is 33.7 Å². The molecule has 0 aliphatic heterocycles. The Labute approximate surface area is 126 Å². The SMILES string of the molecule is Cc1cc(C)c(C(C)Nc2cccc(C(N)=O)c2)cc1C. The summed E-state index contributed by atoms with van der Waals surface area (Å²) in [6.07, 6.45) is 0. The number of primary amides is 1. The lowest BCUT2D eigenvalue weighted by molar-refractivity contribution is 0.100. The molecular formula is C18H22N2O. The molecule has 0 aromatic heterocycles. The van der Waals surface area contributed by atoms with Crippen LogP contribution in [0, 0.1) is 20.8 Å². The van der Waals surface area contributed by atoms with Crippen molar-refractivity contribution < 1.29 is 4.79 Å². The van der Waals surface area contributed by atoms with Gasteiger partial charge in [-0.25, -0.2) is 0 Å². The van der Waals surface area contributed by atoms with Gasteiger partial charge in [0.15, 0.2) is 0 Å². The fourth-order valence-electron chi connectivity index (χ4n) is 2.54. The van der Waals surface area contributed by atoms with E-state index in [0.717, 1.165) is 5.69 Å². The molecule has 1 atom stereocenters. The smallest absolute Gasteiger partial charge is 0.248 e. The monoisotopic (exact) mass is 282 g/mol. The first-order valence-electron chi connectivity index (χ1n) is 7.12. The zero-order valence-corrected chi connectivity index (χ0v) is 13.0. The summed E-state index contributed by atoms with van der Waals surface area (Å²) in [4.78, 5) is 11.2. The van der Waals surface area contributed by atoms with E-state index < -0.39 is 5.91 Å². The number of carbonyl (C=O) groups excluding carboxylic acids is 1. The fraction of sp³-hybridized carbons (Fsp3) is 0.278. The number of aryl methyl sites for hydroxylation is 3. The quantitative estimate of drug-likeness (QED) is 0.894. The molecule has 2 rings (SSSR count). The summed E-state index contributed by atoms with van der Waals surface area (Å²) in [6.45, 7) is 8.49. The minimum Gasteiger partial charge on any atom is -0.378 e. The number of hydrogen-bond donors (Lipinski definition) is 2. The van der Waals surface area contributed by atoms with Gasteiger partial charge in [-0.05, 0) is 68.1 Å². The summed E-state index contributed by atoms with van der Waals surface area (Å²) in [7, 11) is 0. The molecule has 3 nitrogen and oxygen atoms in total. The highest BCUT2D eigenvalue weighted by Gasteiger charge is 2.11. The van der Waals surface area contributed by atoms with E-state index in [1.165, 1.54) is 22.3 Å². The number of carbonyl (C=O) groups is 1. The largest absolute Gasteiger partial charge is 0.378 e. The van der Waals surface area contributed by atoms with Gasteiger partial charge in [-0.15, -0.1) is 0 Å². The van der Waals surface area contributed by atoms with Crippen LogP contribution in [0.25, 0.3) is 0 Å². The van der Waals surface area contributed by atoms with Crippen molar-refractivity contribution in [3.63, 3.8) is 0 Å². The predicted octanol–water partition coefficient (Wildman–Crippen LogP) is 3.88. The number of nitrogens with one attached hydrogen (secondary N) is 1. The van der Waals surface area contributed by atoms with Crippen LogP contribution in [0.1, 0.15) is 45.6 Å². The first kappa shape index (κ1) is 15.1. The van der Waals surface area contributed by atoms with E-state index in [4.69, 9.17) is 5.73 Å². The van der Waals surface area contributed by atoms with Crippen molar-refractivity contribution >= 4 is 11.6 Å². The zero-order chi connectivity index (χ0) is 15.6. The molecule has 2 aromatic rings. The third-order valence-electron chi connectivity index (χ3n) is 3.88. The number of hydrogen-bond acceptors (Lipinski definition) is 2. The fourth-order valence-corrected chi connectivity index (χ4v) is 2.54. The Balaban J connectivity index is 2.26. The van der Waals surface area contributed by atoms with Gasteiger partial charge in [0.25, 0.3) is 0 Å². The van der Waals surface area contributed by atoms with Gasteiger partial charge in [-0.2, -0.15) is 0 Å². The first-order chi connectivity index (χ1) is 9.88. The van der Waals surface area contributed by atoms with Gasteiger partial charge < -0.3 is 11.1 Å². The number of amides is 1. The summed E-state index contributed by atoms with van der Waals surface area (Å²) < 4.78 is 0. The van der Waals surface area contributed by atoms with Gasteiger partial charge in [0.1, 0.15) is 0 Å². The third-order valence-corrected chi connectivity index (χ3v) is 3.88. The molecule has 1 unspecified atom stereocenters. The maximum Gasteiger partial charge on any atom is 0.248 e. The molecule has 1 amide bonds. The molecule has 0 heterocycles. The molecular weight excluding hydrogens is 260 g/mol. The Morgan fingerprint density at radius 2 is 1.71 bits per heavy atom. The summed E-state index contributed by atoms with van der Waals surface area (Å²) in [5.41, 5.74) is 11.9. The van der Waals surface area contributed by atoms with Crippen LogP contribution < -0.4 is 11.1 Å². The van der Waals surface area contributed by atoms with E-state index >= 15 is 0 Å². The van der Waals surface area contributed by atoms with E-state index in [9.17, 15) is 4.79 Å². The molecule has 0 radical (unpaired) electrons. The highest BCUT2D eigenvalue weighted by atomic mass is 16.1. The van der Waals surface area contributed by atoms with Gasteiger partial charge in [0.2, 0.25) is 5.91 Å². The van der Waals surface area contributed by atoms with Gasteiger partial charge >= 0.3 is 0 Å². The second kappa shape index (κ2) is 6.00. The standard InChI is InChI=1S/C18H22N2O/c1-11-8-13(3)17(9-12(11)2)14(4)20-16-7-5-6-15(10-16)18(19)21/h5-10,14,20H,1-4H3,(H2,19,21). The molecule has 0 saturated carbocycles. The molecule has 0 saturated heterocycles. The summed E-state index contributed by atoms with van der Waals surface area (Å²) in [5, 5.41) is 3.43. The Hall–Kier alpha value is -2.29. The van der Waals surface area contributed by atoms with Crippen LogP contribution >= 0.6 is 0 Å². The van der Waals surface area contributed by atoms with Crippen molar-refractivity contribution in [1.82, 2.24) is 0 Å². The van der Waals surface area contributed by atoms with Crippen molar-refractivity contribution in [1.29, 1.82) is 0 Å². The number of nitrogens with two attached hydrogens (primary N) is 1. The van der Waals surface area contributed by atoms with E-state index in [0.29, 0.717) is 5.56 Å². The second-order valence-corrected chi connectivity index (χ2v) is 5.60. The maximum atomic E-state index is 11.2. The normalized spacial score (nSPS) is 12.0. The first-order valence-corrected chi connectivity index (χ1v) is 7.12. The molecule has 0 aliphatic carbocycles. The van der Waals surface area contributed by atoms with Crippen molar-refractivity contribution in [2.75, 3.05) is 5.32 Å². The van der Waals surface area contributed by atoms with E-state index in [1.807, 2.05) is 12.1 Å². The molecule has 21 heavy (non-hydrogen) atoms. The van der Waals surface area contributed by atoms with Gasteiger partial charge in [-0.3, -0.25) is 4.79 Å². The number of rotatable bonds is 4. The van der Waals surface area contributed by atoms with Crippen LogP contribution in [0.3, 0.4) is 0 Å².